The van der Waals surface area contributed by atoms with E-state index in [9.17, 15) is 14.9 Å². The molecule has 0 unspecified atom stereocenters. The van der Waals surface area contributed by atoms with Crippen molar-refractivity contribution in [3.63, 3.8) is 0 Å². The molecule has 3 rings (SSSR count). The van der Waals surface area contributed by atoms with Gasteiger partial charge in [0.15, 0.2) is 0 Å². The number of carbonyl (C=O) groups excluding carboxylic acids is 1. The van der Waals surface area contributed by atoms with Crippen LogP contribution in [0.5, 0.6) is 11.5 Å². The number of rotatable bonds is 6. The quantitative estimate of drug-likeness (QED) is 0.274. The third-order valence-corrected chi connectivity index (χ3v) is 3.87. The van der Waals surface area contributed by atoms with Crippen LogP contribution in [0.1, 0.15) is 21.5 Å². The second kappa shape index (κ2) is 8.14. The number of hydrogen-bond donors (Lipinski definition) is 0. The van der Waals surface area contributed by atoms with Gasteiger partial charge in [-0.3, -0.25) is 10.1 Å². The van der Waals surface area contributed by atoms with Crippen molar-refractivity contribution in [2.24, 2.45) is 0 Å². The average Bonchev–Trinajstić information content (AvgIpc) is 2.69. The van der Waals surface area contributed by atoms with Crippen molar-refractivity contribution in [3.05, 3.63) is 99.6 Å². The van der Waals surface area contributed by atoms with Crippen LogP contribution >= 0.6 is 0 Å². The van der Waals surface area contributed by atoms with Crippen LogP contribution in [0.4, 0.5) is 5.69 Å². The summed E-state index contributed by atoms with van der Waals surface area (Å²) >= 11 is 0. The molecule has 0 amide bonds. The third kappa shape index (κ3) is 4.92. The van der Waals surface area contributed by atoms with Gasteiger partial charge in [0, 0.05) is 12.1 Å². The van der Waals surface area contributed by atoms with Gasteiger partial charge in [-0.25, -0.2) is 4.79 Å². The highest BCUT2D eigenvalue weighted by atomic mass is 16.6. The molecular weight excluding hydrogens is 346 g/mol. The second-order valence-corrected chi connectivity index (χ2v) is 5.94. The lowest BCUT2D eigenvalue weighted by Crippen LogP contribution is -2.08. The first kappa shape index (κ1) is 18.1. The van der Waals surface area contributed by atoms with Crippen LogP contribution in [0, 0.1) is 17.0 Å². The first-order chi connectivity index (χ1) is 13.0. The van der Waals surface area contributed by atoms with Gasteiger partial charge in [-0.1, -0.05) is 17.7 Å². The fourth-order valence-electron chi connectivity index (χ4n) is 2.34. The molecule has 0 saturated heterocycles. The molecule has 0 radical (unpaired) electrons. The molecule has 0 heterocycles. The molecule has 0 N–H and O–H groups in total. The summed E-state index contributed by atoms with van der Waals surface area (Å²) in [5.74, 6) is 0.630. The molecule has 6 nitrogen and oxygen atoms in total. The lowest BCUT2D eigenvalue weighted by Gasteiger charge is -2.08. The zero-order chi connectivity index (χ0) is 19.2. The van der Waals surface area contributed by atoms with Crippen molar-refractivity contribution in [1.29, 1.82) is 0 Å². The summed E-state index contributed by atoms with van der Waals surface area (Å²) in [5, 5.41) is 10.6. The fourth-order valence-corrected chi connectivity index (χ4v) is 2.34. The molecule has 3 aromatic rings. The first-order valence-corrected chi connectivity index (χ1v) is 8.26. The number of esters is 1. The largest absolute Gasteiger partial charge is 0.489 e. The standard InChI is InChI=1S/C21H17NO5/c1-15-2-10-20(11-3-15)27-21(23)17-6-12-19(13-7-17)26-14-16-4-8-18(9-5-16)22(24)25/h2-13H,14H2,1H3. The Balaban J connectivity index is 1.57. The normalized spacial score (nSPS) is 10.3. The van der Waals surface area contributed by atoms with Crippen molar-refractivity contribution >= 4 is 11.7 Å². The molecule has 0 atom stereocenters. The van der Waals surface area contributed by atoms with Crippen molar-refractivity contribution in [1.82, 2.24) is 0 Å². The molecular formula is C21H17NO5. The molecule has 0 saturated carbocycles. The maximum Gasteiger partial charge on any atom is 0.343 e. The molecule has 0 fully saturated rings. The minimum atomic E-state index is -0.445. The minimum absolute atomic E-state index is 0.0372. The number of nitrogens with zero attached hydrogens (tertiary/aromatic N) is 1. The Morgan fingerprint density at radius 1 is 0.889 bits per heavy atom. The van der Waals surface area contributed by atoms with Crippen molar-refractivity contribution in [3.8, 4) is 11.5 Å². The van der Waals surface area contributed by atoms with Crippen LogP contribution in [-0.4, -0.2) is 10.9 Å². The summed E-state index contributed by atoms with van der Waals surface area (Å²) in [6.45, 7) is 2.23. The van der Waals surface area contributed by atoms with Gasteiger partial charge in [-0.2, -0.15) is 0 Å². The van der Waals surface area contributed by atoms with Crippen LogP contribution in [0.15, 0.2) is 72.8 Å². The second-order valence-electron chi connectivity index (χ2n) is 5.94. The van der Waals surface area contributed by atoms with Gasteiger partial charge in [0.25, 0.3) is 5.69 Å². The number of aryl methyl sites for hydroxylation is 1. The molecule has 0 bridgehead atoms. The summed E-state index contributed by atoms with van der Waals surface area (Å²) < 4.78 is 11.0. The summed E-state index contributed by atoms with van der Waals surface area (Å²) in [6, 6.07) is 20.0. The lowest BCUT2D eigenvalue weighted by molar-refractivity contribution is -0.384. The Bertz CT molecular complexity index is 932. The maximum absolute atomic E-state index is 12.2. The van der Waals surface area contributed by atoms with Crippen LogP contribution in [0.3, 0.4) is 0 Å². The number of hydrogen-bond acceptors (Lipinski definition) is 5. The topological polar surface area (TPSA) is 78.7 Å². The monoisotopic (exact) mass is 363 g/mol. The van der Waals surface area contributed by atoms with Crippen molar-refractivity contribution in [2.75, 3.05) is 0 Å². The first-order valence-electron chi connectivity index (χ1n) is 8.26. The lowest BCUT2D eigenvalue weighted by atomic mass is 10.2. The number of nitro benzene ring substituents is 1. The van der Waals surface area contributed by atoms with Crippen LogP contribution < -0.4 is 9.47 Å². The van der Waals surface area contributed by atoms with E-state index >= 15 is 0 Å². The highest BCUT2D eigenvalue weighted by Crippen LogP contribution is 2.18. The van der Waals surface area contributed by atoms with Crippen molar-refractivity contribution in [2.45, 2.75) is 13.5 Å². The van der Waals surface area contributed by atoms with Crippen molar-refractivity contribution < 1.29 is 19.2 Å². The number of benzene rings is 3. The Morgan fingerprint density at radius 3 is 2.07 bits per heavy atom. The van der Waals surface area contributed by atoms with E-state index in [1.54, 1.807) is 48.5 Å². The van der Waals surface area contributed by atoms with E-state index in [1.807, 2.05) is 19.1 Å². The van der Waals surface area contributed by atoms with Gasteiger partial charge in [0.1, 0.15) is 18.1 Å². The Hall–Kier alpha value is -3.67. The SMILES string of the molecule is Cc1ccc(OC(=O)c2ccc(OCc3ccc([N+](=O)[O-])cc3)cc2)cc1. The van der Waals surface area contributed by atoms with Gasteiger partial charge in [-0.15, -0.1) is 0 Å². The van der Waals surface area contributed by atoms with Gasteiger partial charge in [0.05, 0.1) is 10.5 Å². The molecule has 0 aromatic heterocycles. The zero-order valence-corrected chi connectivity index (χ0v) is 14.6. The fraction of sp³-hybridized carbons (Fsp3) is 0.0952. The van der Waals surface area contributed by atoms with Gasteiger partial charge in [0.2, 0.25) is 0 Å². The average molecular weight is 363 g/mol. The van der Waals surface area contributed by atoms with Gasteiger partial charge >= 0.3 is 5.97 Å². The van der Waals surface area contributed by atoms with E-state index in [1.165, 1.54) is 12.1 Å². The molecule has 3 aromatic carbocycles. The molecule has 6 heteroatoms. The van der Waals surface area contributed by atoms with Crippen LogP contribution in [0.2, 0.25) is 0 Å². The Kier molecular flexibility index (Phi) is 5.47. The zero-order valence-electron chi connectivity index (χ0n) is 14.6. The van der Waals surface area contributed by atoms with E-state index in [2.05, 4.69) is 0 Å². The maximum atomic E-state index is 12.2. The number of ether oxygens (including phenoxy) is 2. The highest BCUT2D eigenvalue weighted by Gasteiger charge is 2.09. The molecule has 0 aliphatic carbocycles. The van der Waals surface area contributed by atoms with Gasteiger partial charge < -0.3 is 9.47 Å². The minimum Gasteiger partial charge on any atom is -0.489 e. The van der Waals surface area contributed by atoms with E-state index in [4.69, 9.17) is 9.47 Å². The molecule has 0 aliphatic heterocycles. The van der Waals surface area contributed by atoms with Gasteiger partial charge in [-0.05, 0) is 61.0 Å². The molecule has 136 valence electrons. The molecule has 0 spiro atoms. The predicted molar refractivity (Wildman–Crippen MR) is 100 cm³/mol. The Labute approximate surface area is 156 Å². The number of non-ortho nitro benzene ring substituents is 1. The van der Waals surface area contributed by atoms with E-state index < -0.39 is 10.9 Å². The number of carbonyl (C=O) groups is 1. The van der Waals surface area contributed by atoms with E-state index in [-0.39, 0.29) is 12.3 Å². The van der Waals surface area contributed by atoms with Crippen LogP contribution in [0.25, 0.3) is 0 Å². The molecule has 0 aliphatic rings. The predicted octanol–water partition coefficient (Wildman–Crippen LogP) is 4.70. The molecule has 27 heavy (non-hydrogen) atoms. The van der Waals surface area contributed by atoms with Crippen LogP contribution in [-0.2, 0) is 6.61 Å². The summed E-state index contributed by atoms with van der Waals surface area (Å²) in [4.78, 5) is 22.4. The summed E-state index contributed by atoms with van der Waals surface area (Å²) in [7, 11) is 0. The summed E-state index contributed by atoms with van der Waals surface area (Å²) in [6.07, 6.45) is 0. The number of nitro groups is 1. The third-order valence-electron chi connectivity index (χ3n) is 3.87. The highest BCUT2D eigenvalue weighted by molar-refractivity contribution is 5.91. The Morgan fingerprint density at radius 2 is 1.48 bits per heavy atom. The summed E-state index contributed by atoms with van der Waals surface area (Å²) in [5.41, 5.74) is 2.35. The van der Waals surface area contributed by atoms with E-state index in [0.717, 1.165) is 11.1 Å². The van der Waals surface area contributed by atoms with E-state index in [0.29, 0.717) is 17.1 Å². The smallest absolute Gasteiger partial charge is 0.343 e.